The SMILES string of the molecule is CC1CCC(CO)(Nc2ncc(C#N)cc2N)CC1. The van der Waals surface area contributed by atoms with Gasteiger partial charge in [-0.3, -0.25) is 0 Å². The summed E-state index contributed by atoms with van der Waals surface area (Å²) < 4.78 is 0. The molecule has 1 fully saturated rings. The second kappa shape index (κ2) is 5.45. The first-order chi connectivity index (χ1) is 9.08. The zero-order chi connectivity index (χ0) is 13.9. The summed E-state index contributed by atoms with van der Waals surface area (Å²) in [6.45, 7) is 2.30. The van der Waals surface area contributed by atoms with E-state index in [1.807, 2.05) is 6.07 Å². The Bertz CT molecular complexity index is 487. The van der Waals surface area contributed by atoms with Gasteiger partial charge >= 0.3 is 0 Å². The van der Waals surface area contributed by atoms with Crippen molar-refractivity contribution in [2.75, 3.05) is 17.7 Å². The number of rotatable bonds is 3. The number of aliphatic hydroxyl groups is 1. The van der Waals surface area contributed by atoms with Gasteiger partial charge in [0.1, 0.15) is 11.9 Å². The number of nitriles is 1. The average Bonchev–Trinajstić information content (AvgIpc) is 2.44. The van der Waals surface area contributed by atoms with Crippen molar-refractivity contribution in [3.63, 3.8) is 0 Å². The quantitative estimate of drug-likeness (QED) is 0.771. The van der Waals surface area contributed by atoms with Crippen molar-refractivity contribution >= 4 is 11.5 Å². The van der Waals surface area contributed by atoms with Gasteiger partial charge in [0.2, 0.25) is 0 Å². The van der Waals surface area contributed by atoms with Crippen LogP contribution in [0.2, 0.25) is 0 Å². The maximum absolute atomic E-state index is 9.70. The van der Waals surface area contributed by atoms with Gasteiger partial charge in [-0.25, -0.2) is 4.98 Å². The zero-order valence-electron chi connectivity index (χ0n) is 11.2. The van der Waals surface area contributed by atoms with Gasteiger partial charge in [-0.15, -0.1) is 0 Å². The zero-order valence-corrected chi connectivity index (χ0v) is 11.2. The summed E-state index contributed by atoms with van der Waals surface area (Å²) >= 11 is 0. The lowest BCUT2D eigenvalue weighted by Gasteiger charge is -2.39. The van der Waals surface area contributed by atoms with Crippen LogP contribution in [0.5, 0.6) is 0 Å². The Kier molecular flexibility index (Phi) is 3.91. The van der Waals surface area contributed by atoms with Crippen molar-refractivity contribution in [1.82, 2.24) is 4.98 Å². The van der Waals surface area contributed by atoms with Crippen molar-refractivity contribution in [2.24, 2.45) is 5.92 Å². The van der Waals surface area contributed by atoms with Gasteiger partial charge in [-0.2, -0.15) is 5.26 Å². The molecule has 102 valence electrons. The monoisotopic (exact) mass is 260 g/mol. The van der Waals surface area contributed by atoms with Gasteiger partial charge in [0.25, 0.3) is 0 Å². The van der Waals surface area contributed by atoms with Crippen LogP contribution in [0, 0.1) is 17.2 Å². The molecule has 1 aromatic rings. The van der Waals surface area contributed by atoms with Crippen LogP contribution in [0.3, 0.4) is 0 Å². The largest absolute Gasteiger partial charge is 0.396 e. The molecule has 1 aliphatic carbocycles. The number of aliphatic hydroxyl groups excluding tert-OH is 1. The van der Waals surface area contributed by atoms with E-state index in [-0.39, 0.29) is 12.1 Å². The molecule has 0 saturated heterocycles. The van der Waals surface area contributed by atoms with Gasteiger partial charge in [0, 0.05) is 6.20 Å². The van der Waals surface area contributed by atoms with E-state index in [0.717, 1.165) is 25.7 Å². The number of anilines is 2. The maximum atomic E-state index is 9.70. The third-order valence-electron chi connectivity index (χ3n) is 3.96. The number of hydrogen-bond acceptors (Lipinski definition) is 5. The van der Waals surface area contributed by atoms with Crippen molar-refractivity contribution in [3.8, 4) is 6.07 Å². The Hall–Kier alpha value is -1.80. The van der Waals surface area contributed by atoms with E-state index in [2.05, 4.69) is 17.2 Å². The molecule has 0 radical (unpaired) electrons. The summed E-state index contributed by atoms with van der Waals surface area (Å²) in [6.07, 6.45) is 5.49. The molecule has 2 rings (SSSR count). The predicted molar refractivity (Wildman–Crippen MR) is 74.4 cm³/mol. The normalized spacial score (nSPS) is 26.7. The number of nitrogens with one attached hydrogen (secondary N) is 1. The van der Waals surface area contributed by atoms with Crippen LogP contribution in [0.4, 0.5) is 11.5 Å². The minimum atomic E-state index is -0.332. The lowest BCUT2D eigenvalue weighted by molar-refractivity contribution is 0.155. The van der Waals surface area contributed by atoms with E-state index in [1.54, 1.807) is 6.07 Å². The molecular weight excluding hydrogens is 240 g/mol. The first-order valence-corrected chi connectivity index (χ1v) is 6.63. The highest BCUT2D eigenvalue weighted by molar-refractivity contribution is 5.64. The van der Waals surface area contributed by atoms with Crippen LogP contribution in [-0.2, 0) is 0 Å². The first-order valence-electron chi connectivity index (χ1n) is 6.63. The fourth-order valence-electron chi connectivity index (χ4n) is 2.54. The van der Waals surface area contributed by atoms with Crippen molar-refractivity contribution in [3.05, 3.63) is 17.8 Å². The molecular formula is C14H20N4O. The van der Waals surface area contributed by atoms with Crippen LogP contribution in [0.1, 0.15) is 38.2 Å². The number of aromatic nitrogens is 1. The summed E-state index contributed by atoms with van der Waals surface area (Å²) in [5.41, 5.74) is 6.46. The van der Waals surface area contributed by atoms with Crippen molar-refractivity contribution < 1.29 is 5.11 Å². The Morgan fingerprint density at radius 2 is 2.26 bits per heavy atom. The second-order valence-corrected chi connectivity index (χ2v) is 5.52. The first kappa shape index (κ1) is 13.6. The van der Waals surface area contributed by atoms with Gasteiger partial charge in [-0.1, -0.05) is 6.92 Å². The highest BCUT2D eigenvalue weighted by Crippen LogP contribution is 2.35. The van der Waals surface area contributed by atoms with Gasteiger partial charge in [0.15, 0.2) is 0 Å². The summed E-state index contributed by atoms with van der Waals surface area (Å²) in [5, 5.41) is 21.8. The van der Waals surface area contributed by atoms with Crippen LogP contribution >= 0.6 is 0 Å². The molecule has 5 nitrogen and oxygen atoms in total. The van der Waals surface area contributed by atoms with Gasteiger partial charge in [0.05, 0.1) is 23.4 Å². The third kappa shape index (κ3) is 2.96. The van der Waals surface area contributed by atoms with E-state index in [0.29, 0.717) is 23.0 Å². The molecule has 0 aliphatic heterocycles. The number of hydrogen-bond donors (Lipinski definition) is 3. The summed E-state index contributed by atoms with van der Waals surface area (Å²) in [4.78, 5) is 4.19. The highest BCUT2D eigenvalue weighted by Gasteiger charge is 2.34. The molecule has 0 bridgehead atoms. The molecule has 19 heavy (non-hydrogen) atoms. The van der Waals surface area contributed by atoms with Crippen molar-refractivity contribution in [1.29, 1.82) is 5.26 Å². The Labute approximate surface area is 113 Å². The average molecular weight is 260 g/mol. The number of nitrogens with two attached hydrogens (primary N) is 1. The minimum Gasteiger partial charge on any atom is -0.396 e. The van der Waals surface area contributed by atoms with Crippen molar-refractivity contribution in [2.45, 2.75) is 38.1 Å². The summed E-state index contributed by atoms with van der Waals surface area (Å²) in [6, 6.07) is 3.61. The van der Waals surface area contributed by atoms with Gasteiger partial charge < -0.3 is 16.2 Å². The fraction of sp³-hybridized carbons (Fsp3) is 0.571. The molecule has 1 heterocycles. The van der Waals surface area contributed by atoms with Crippen LogP contribution in [0.25, 0.3) is 0 Å². The number of nitrogens with zero attached hydrogens (tertiary/aromatic N) is 2. The van der Waals surface area contributed by atoms with Gasteiger partial charge in [-0.05, 0) is 37.7 Å². The van der Waals surface area contributed by atoms with Crippen LogP contribution < -0.4 is 11.1 Å². The molecule has 0 spiro atoms. The molecule has 1 aromatic heterocycles. The Morgan fingerprint density at radius 3 is 2.79 bits per heavy atom. The Morgan fingerprint density at radius 1 is 1.58 bits per heavy atom. The standard InChI is InChI=1S/C14H20N4O/c1-10-2-4-14(9-19,5-3-10)18-13-12(16)6-11(7-15)8-17-13/h6,8,10,19H,2-5,9,16H2,1H3,(H,17,18). The molecule has 0 atom stereocenters. The lowest BCUT2D eigenvalue weighted by atomic mass is 9.77. The Balaban J connectivity index is 2.17. The second-order valence-electron chi connectivity index (χ2n) is 5.52. The summed E-state index contributed by atoms with van der Waals surface area (Å²) in [5.74, 6) is 1.26. The molecule has 0 unspecified atom stereocenters. The molecule has 5 heteroatoms. The predicted octanol–water partition coefficient (Wildman–Crippen LogP) is 1.89. The number of nitrogen functional groups attached to an aromatic ring is 1. The molecule has 4 N–H and O–H groups in total. The molecule has 0 amide bonds. The molecule has 0 aromatic carbocycles. The third-order valence-corrected chi connectivity index (χ3v) is 3.96. The van der Waals surface area contributed by atoms with E-state index in [9.17, 15) is 5.11 Å². The van der Waals surface area contributed by atoms with Crippen LogP contribution in [0.15, 0.2) is 12.3 Å². The van der Waals surface area contributed by atoms with E-state index in [4.69, 9.17) is 11.0 Å². The summed E-state index contributed by atoms with van der Waals surface area (Å²) in [7, 11) is 0. The highest BCUT2D eigenvalue weighted by atomic mass is 16.3. The minimum absolute atomic E-state index is 0.0703. The lowest BCUT2D eigenvalue weighted by Crippen LogP contribution is -2.45. The maximum Gasteiger partial charge on any atom is 0.149 e. The fourth-order valence-corrected chi connectivity index (χ4v) is 2.54. The van der Waals surface area contributed by atoms with E-state index >= 15 is 0 Å². The van der Waals surface area contributed by atoms with E-state index < -0.39 is 0 Å². The topological polar surface area (TPSA) is 95.0 Å². The van der Waals surface area contributed by atoms with Crippen LogP contribution in [-0.4, -0.2) is 22.2 Å². The molecule has 1 saturated carbocycles. The smallest absolute Gasteiger partial charge is 0.149 e. The molecule has 1 aliphatic rings. The van der Waals surface area contributed by atoms with E-state index in [1.165, 1.54) is 6.20 Å². The number of pyridine rings is 1.